The highest BCUT2D eigenvalue weighted by Gasteiger charge is 2.33. The van der Waals surface area contributed by atoms with Crippen LogP contribution in [0.5, 0.6) is 0 Å². The van der Waals surface area contributed by atoms with Crippen molar-refractivity contribution in [3.05, 3.63) is 0 Å². The van der Waals surface area contributed by atoms with Crippen molar-refractivity contribution < 1.29 is 4.79 Å². The molecule has 0 aliphatic carbocycles. The molecule has 1 rings (SSSR count). The van der Waals surface area contributed by atoms with Crippen LogP contribution < -0.4 is 0 Å². The van der Waals surface area contributed by atoms with Gasteiger partial charge in [-0.3, -0.25) is 9.69 Å². The van der Waals surface area contributed by atoms with E-state index in [1.165, 1.54) is 0 Å². The quantitative estimate of drug-likeness (QED) is 0.694. The van der Waals surface area contributed by atoms with Crippen molar-refractivity contribution in [1.29, 1.82) is 0 Å². The highest BCUT2D eigenvalue weighted by molar-refractivity contribution is 5.81. The first-order chi connectivity index (χ1) is 6.81. The molecule has 1 saturated heterocycles. The van der Waals surface area contributed by atoms with Gasteiger partial charge in [-0.1, -0.05) is 20.8 Å². The molecule has 1 aliphatic rings. The van der Waals surface area contributed by atoms with Gasteiger partial charge in [0.05, 0.1) is 6.04 Å². The van der Waals surface area contributed by atoms with Gasteiger partial charge >= 0.3 is 0 Å². The summed E-state index contributed by atoms with van der Waals surface area (Å²) in [7, 11) is 3.69. The minimum absolute atomic E-state index is 0.124. The lowest BCUT2D eigenvalue weighted by molar-refractivity contribution is -0.133. The average Bonchev–Trinajstić information content (AvgIpc) is 2.47. The molecule has 1 aliphatic heterocycles. The molecule has 0 N–H and O–H groups in total. The molecular weight excluding hydrogens is 188 g/mol. The number of amides is 1. The Kier molecular flexibility index (Phi) is 3.77. The molecule has 3 heteroatoms. The number of likely N-dealkylation sites (N-methyl/N-ethyl adjacent to an activating group) is 1. The summed E-state index contributed by atoms with van der Waals surface area (Å²) in [5.74, 6) is 0.261. The van der Waals surface area contributed by atoms with E-state index in [1.54, 1.807) is 4.90 Å². The monoisotopic (exact) mass is 212 g/mol. The molecule has 88 valence electrons. The second-order valence-electron chi connectivity index (χ2n) is 5.92. The molecule has 15 heavy (non-hydrogen) atoms. The van der Waals surface area contributed by atoms with Gasteiger partial charge in [0.2, 0.25) is 5.91 Å². The fourth-order valence-electron chi connectivity index (χ4n) is 2.20. The largest absolute Gasteiger partial charge is 0.347 e. The Balaban J connectivity index is 2.61. The Morgan fingerprint density at radius 1 is 1.40 bits per heavy atom. The van der Waals surface area contributed by atoms with Gasteiger partial charge < -0.3 is 4.90 Å². The summed E-state index contributed by atoms with van der Waals surface area (Å²) >= 11 is 0. The van der Waals surface area contributed by atoms with Crippen LogP contribution in [-0.4, -0.2) is 48.9 Å². The fraction of sp³-hybridized carbons (Fsp3) is 0.917. The molecule has 0 aromatic heterocycles. The third kappa shape index (κ3) is 3.49. The SMILES string of the molecule is CN(C)C(=O)[C@H]1CCCN1CC(C)(C)C. The zero-order valence-electron chi connectivity index (χ0n) is 10.7. The van der Waals surface area contributed by atoms with Crippen LogP contribution in [0, 0.1) is 5.41 Å². The van der Waals surface area contributed by atoms with Gasteiger partial charge in [-0.2, -0.15) is 0 Å². The number of hydrogen-bond acceptors (Lipinski definition) is 2. The number of nitrogens with zero attached hydrogens (tertiary/aromatic N) is 2. The summed E-state index contributed by atoms with van der Waals surface area (Å²) in [6, 6.07) is 0.124. The summed E-state index contributed by atoms with van der Waals surface area (Å²) < 4.78 is 0. The van der Waals surface area contributed by atoms with E-state index < -0.39 is 0 Å². The number of rotatable bonds is 2. The van der Waals surface area contributed by atoms with E-state index in [2.05, 4.69) is 25.7 Å². The molecule has 1 heterocycles. The summed E-state index contributed by atoms with van der Waals surface area (Å²) in [5.41, 5.74) is 0.273. The normalized spacial score (nSPS) is 23.1. The van der Waals surface area contributed by atoms with E-state index in [0.717, 1.165) is 25.9 Å². The molecule has 0 spiro atoms. The molecule has 0 unspecified atom stereocenters. The molecule has 0 saturated carbocycles. The van der Waals surface area contributed by atoms with Crippen molar-refractivity contribution in [3.63, 3.8) is 0 Å². The minimum atomic E-state index is 0.124. The zero-order valence-corrected chi connectivity index (χ0v) is 10.7. The molecule has 3 nitrogen and oxygen atoms in total. The van der Waals surface area contributed by atoms with E-state index in [9.17, 15) is 4.79 Å². The van der Waals surface area contributed by atoms with Gasteiger partial charge in [0.25, 0.3) is 0 Å². The van der Waals surface area contributed by atoms with Gasteiger partial charge in [-0.25, -0.2) is 0 Å². The average molecular weight is 212 g/mol. The summed E-state index contributed by atoms with van der Waals surface area (Å²) in [4.78, 5) is 16.0. The Hall–Kier alpha value is -0.570. The molecule has 1 atom stereocenters. The third-order valence-electron chi connectivity index (χ3n) is 2.77. The Bertz CT molecular complexity index is 230. The topological polar surface area (TPSA) is 23.6 Å². The first kappa shape index (κ1) is 12.5. The Morgan fingerprint density at radius 3 is 2.47 bits per heavy atom. The lowest BCUT2D eigenvalue weighted by Gasteiger charge is -2.31. The summed E-state index contributed by atoms with van der Waals surface area (Å²) in [5, 5.41) is 0. The zero-order chi connectivity index (χ0) is 11.6. The highest BCUT2D eigenvalue weighted by Crippen LogP contribution is 2.24. The lowest BCUT2D eigenvalue weighted by Crippen LogP contribution is -2.45. The van der Waals surface area contributed by atoms with Crippen molar-refractivity contribution >= 4 is 5.91 Å². The van der Waals surface area contributed by atoms with Crippen LogP contribution in [-0.2, 0) is 4.79 Å². The molecule has 0 radical (unpaired) electrons. The van der Waals surface area contributed by atoms with Crippen LogP contribution in [0.4, 0.5) is 0 Å². The molecule has 0 aromatic carbocycles. The van der Waals surface area contributed by atoms with E-state index in [4.69, 9.17) is 0 Å². The van der Waals surface area contributed by atoms with Crippen molar-refractivity contribution in [2.24, 2.45) is 5.41 Å². The number of carbonyl (C=O) groups excluding carboxylic acids is 1. The number of carbonyl (C=O) groups is 1. The lowest BCUT2D eigenvalue weighted by atomic mass is 9.95. The summed E-state index contributed by atoms with van der Waals surface area (Å²) in [6.07, 6.45) is 2.17. The Morgan fingerprint density at radius 2 is 2.00 bits per heavy atom. The van der Waals surface area contributed by atoms with Crippen molar-refractivity contribution in [3.8, 4) is 0 Å². The van der Waals surface area contributed by atoms with Crippen LogP contribution in [0.3, 0.4) is 0 Å². The van der Waals surface area contributed by atoms with Crippen LogP contribution in [0.15, 0.2) is 0 Å². The van der Waals surface area contributed by atoms with E-state index in [0.29, 0.717) is 0 Å². The number of hydrogen-bond donors (Lipinski definition) is 0. The van der Waals surface area contributed by atoms with Crippen LogP contribution in [0.1, 0.15) is 33.6 Å². The fourth-order valence-corrected chi connectivity index (χ4v) is 2.20. The second-order valence-corrected chi connectivity index (χ2v) is 5.92. The molecule has 0 bridgehead atoms. The van der Waals surface area contributed by atoms with Crippen molar-refractivity contribution in [2.45, 2.75) is 39.7 Å². The van der Waals surface area contributed by atoms with Gasteiger partial charge in [0.15, 0.2) is 0 Å². The van der Waals surface area contributed by atoms with Gasteiger partial charge in [0.1, 0.15) is 0 Å². The van der Waals surface area contributed by atoms with Crippen LogP contribution in [0.25, 0.3) is 0 Å². The van der Waals surface area contributed by atoms with Crippen LogP contribution >= 0.6 is 0 Å². The first-order valence-electron chi connectivity index (χ1n) is 5.76. The van der Waals surface area contributed by atoms with Gasteiger partial charge in [0, 0.05) is 20.6 Å². The predicted octanol–water partition coefficient (Wildman–Crippen LogP) is 1.59. The Labute approximate surface area is 93.4 Å². The van der Waals surface area contributed by atoms with E-state index >= 15 is 0 Å². The van der Waals surface area contributed by atoms with E-state index in [1.807, 2.05) is 14.1 Å². The minimum Gasteiger partial charge on any atom is -0.347 e. The molecular formula is C12H24N2O. The molecule has 1 fully saturated rings. The maximum Gasteiger partial charge on any atom is 0.239 e. The second kappa shape index (κ2) is 4.52. The third-order valence-corrected chi connectivity index (χ3v) is 2.77. The van der Waals surface area contributed by atoms with Gasteiger partial charge in [-0.15, -0.1) is 0 Å². The molecule has 0 aromatic rings. The maximum atomic E-state index is 11.9. The highest BCUT2D eigenvalue weighted by atomic mass is 16.2. The van der Waals surface area contributed by atoms with Gasteiger partial charge in [-0.05, 0) is 24.8 Å². The standard InChI is InChI=1S/C12H24N2O/c1-12(2,3)9-14-8-6-7-10(14)11(15)13(4)5/h10H,6-9H2,1-5H3/t10-/m1/s1. The van der Waals surface area contributed by atoms with Crippen molar-refractivity contribution in [2.75, 3.05) is 27.2 Å². The molecule has 1 amide bonds. The van der Waals surface area contributed by atoms with Crippen molar-refractivity contribution in [1.82, 2.24) is 9.80 Å². The predicted molar refractivity (Wildman–Crippen MR) is 62.7 cm³/mol. The maximum absolute atomic E-state index is 11.9. The first-order valence-corrected chi connectivity index (χ1v) is 5.76. The summed E-state index contributed by atoms with van der Waals surface area (Å²) in [6.45, 7) is 8.76. The van der Waals surface area contributed by atoms with Crippen LogP contribution in [0.2, 0.25) is 0 Å². The number of likely N-dealkylation sites (tertiary alicyclic amines) is 1. The smallest absolute Gasteiger partial charge is 0.239 e. The van der Waals surface area contributed by atoms with E-state index in [-0.39, 0.29) is 17.4 Å².